The lowest BCUT2D eigenvalue weighted by Gasteiger charge is -2.34. The van der Waals surface area contributed by atoms with Gasteiger partial charge in [0.15, 0.2) is 0 Å². The molecular formula is C14H20BrNO3S. The zero-order valence-electron chi connectivity index (χ0n) is 11.8. The van der Waals surface area contributed by atoms with Crippen LogP contribution in [0.3, 0.4) is 0 Å². The van der Waals surface area contributed by atoms with Crippen LogP contribution in [0.1, 0.15) is 32.6 Å². The van der Waals surface area contributed by atoms with E-state index in [4.69, 9.17) is 4.74 Å². The van der Waals surface area contributed by atoms with Crippen molar-refractivity contribution in [2.45, 2.75) is 43.5 Å². The smallest absolute Gasteiger partial charge is 0.247 e. The summed E-state index contributed by atoms with van der Waals surface area (Å²) in [7, 11) is -2.01. The molecule has 0 aliphatic carbocycles. The van der Waals surface area contributed by atoms with Gasteiger partial charge in [0.05, 0.1) is 7.11 Å². The van der Waals surface area contributed by atoms with Crippen molar-refractivity contribution in [1.29, 1.82) is 0 Å². The Balaban J connectivity index is 2.46. The van der Waals surface area contributed by atoms with Crippen molar-refractivity contribution in [1.82, 2.24) is 4.31 Å². The highest BCUT2D eigenvalue weighted by Crippen LogP contribution is 2.33. The lowest BCUT2D eigenvalue weighted by molar-refractivity contribution is 0.246. The normalized spacial score (nSPS) is 20.9. The molecule has 0 amide bonds. The SMILES string of the molecule is CCC1CCCCN1S(=O)(=O)c1cc(Br)ccc1OC. The molecule has 1 fully saturated rings. The molecule has 0 saturated carbocycles. The van der Waals surface area contributed by atoms with E-state index < -0.39 is 10.0 Å². The molecule has 0 radical (unpaired) electrons. The van der Waals surface area contributed by atoms with Crippen molar-refractivity contribution < 1.29 is 13.2 Å². The minimum absolute atomic E-state index is 0.0948. The number of halogens is 1. The van der Waals surface area contributed by atoms with Crippen LogP contribution >= 0.6 is 15.9 Å². The van der Waals surface area contributed by atoms with Crippen molar-refractivity contribution in [3.05, 3.63) is 22.7 Å². The van der Waals surface area contributed by atoms with E-state index >= 15 is 0 Å². The maximum atomic E-state index is 12.9. The van der Waals surface area contributed by atoms with Crippen molar-refractivity contribution in [2.75, 3.05) is 13.7 Å². The fourth-order valence-corrected chi connectivity index (χ4v) is 5.14. The minimum atomic E-state index is -3.51. The number of ether oxygens (including phenoxy) is 1. The van der Waals surface area contributed by atoms with Crippen LogP contribution in [0.2, 0.25) is 0 Å². The highest BCUT2D eigenvalue weighted by Gasteiger charge is 2.34. The summed E-state index contributed by atoms with van der Waals surface area (Å²) in [5, 5.41) is 0. The second-order valence-electron chi connectivity index (χ2n) is 4.97. The summed E-state index contributed by atoms with van der Waals surface area (Å²) in [6, 6.07) is 5.18. The van der Waals surface area contributed by atoms with Gasteiger partial charge in [-0.25, -0.2) is 8.42 Å². The van der Waals surface area contributed by atoms with Crippen LogP contribution in [0.4, 0.5) is 0 Å². The number of piperidine rings is 1. The Labute approximate surface area is 129 Å². The third-order valence-electron chi connectivity index (χ3n) is 3.76. The highest BCUT2D eigenvalue weighted by molar-refractivity contribution is 9.10. The lowest BCUT2D eigenvalue weighted by atomic mass is 10.0. The van der Waals surface area contributed by atoms with Gasteiger partial charge in [-0.1, -0.05) is 29.3 Å². The van der Waals surface area contributed by atoms with E-state index in [-0.39, 0.29) is 10.9 Å². The molecule has 1 atom stereocenters. The Morgan fingerprint density at radius 2 is 2.15 bits per heavy atom. The fraction of sp³-hybridized carbons (Fsp3) is 0.571. The van der Waals surface area contributed by atoms with Crippen LogP contribution in [0.15, 0.2) is 27.6 Å². The van der Waals surface area contributed by atoms with Crippen molar-refractivity contribution in [3.63, 3.8) is 0 Å². The molecule has 1 aliphatic heterocycles. The second kappa shape index (κ2) is 6.45. The number of nitrogens with zero attached hydrogens (tertiary/aromatic N) is 1. The van der Waals surface area contributed by atoms with Crippen LogP contribution in [0, 0.1) is 0 Å². The molecule has 1 heterocycles. The molecular weight excluding hydrogens is 342 g/mol. The van der Waals surface area contributed by atoms with Gasteiger partial charge < -0.3 is 4.74 Å². The monoisotopic (exact) mass is 361 g/mol. The van der Waals surface area contributed by atoms with E-state index in [0.717, 1.165) is 30.2 Å². The molecule has 6 heteroatoms. The molecule has 4 nitrogen and oxygen atoms in total. The van der Waals surface area contributed by atoms with E-state index in [1.807, 2.05) is 6.92 Å². The summed E-state index contributed by atoms with van der Waals surface area (Å²) in [6.07, 6.45) is 3.80. The first-order chi connectivity index (χ1) is 9.50. The zero-order chi connectivity index (χ0) is 14.8. The van der Waals surface area contributed by atoms with Crippen LogP contribution in [0.5, 0.6) is 5.75 Å². The maximum Gasteiger partial charge on any atom is 0.247 e. The minimum Gasteiger partial charge on any atom is -0.495 e. The molecule has 2 rings (SSSR count). The Morgan fingerprint density at radius 3 is 2.80 bits per heavy atom. The van der Waals surface area contributed by atoms with Gasteiger partial charge >= 0.3 is 0 Å². The number of methoxy groups -OCH3 is 1. The van der Waals surface area contributed by atoms with Crippen molar-refractivity contribution >= 4 is 26.0 Å². The predicted molar refractivity (Wildman–Crippen MR) is 82.5 cm³/mol. The fourth-order valence-electron chi connectivity index (χ4n) is 2.68. The number of hydrogen-bond acceptors (Lipinski definition) is 3. The summed E-state index contributed by atoms with van der Waals surface area (Å²) in [5.74, 6) is 0.397. The topological polar surface area (TPSA) is 46.6 Å². The standard InChI is InChI=1S/C14H20BrNO3S/c1-3-12-6-4-5-9-16(12)20(17,18)14-10-11(15)7-8-13(14)19-2/h7-8,10,12H,3-6,9H2,1-2H3. The second-order valence-corrected chi connectivity index (χ2v) is 7.74. The van der Waals surface area contributed by atoms with Crippen molar-refractivity contribution in [3.8, 4) is 5.75 Å². The van der Waals surface area contributed by atoms with E-state index in [9.17, 15) is 8.42 Å². The molecule has 1 aromatic carbocycles. The van der Waals surface area contributed by atoms with Gasteiger partial charge in [-0.3, -0.25) is 0 Å². The van der Waals surface area contributed by atoms with E-state index in [1.165, 1.54) is 7.11 Å². The summed E-state index contributed by atoms with van der Waals surface area (Å²) >= 11 is 3.34. The Bertz CT molecular complexity index is 574. The van der Waals surface area contributed by atoms with E-state index in [1.54, 1.807) is 22.5 Å². The molecule has 112 valence electrons. The van der Waals surface area contributed by atoms with Crippen LogP contribution in [-0.2, 0) is 10.0 Å². The molecule has 1 aliphatic rings. The number of sulfonamides is 1. The average Bonchev–Trinajstić information content (AvgIpc) is 2.47. The molecule has 1 saturated heterocycles. The quantitative estimate of drug-likeness (QED) is 0.825. The lowest BCUT2D eigenvalue weighted by Crippen LogP contribution is -2.43. The zero-order valence-corrected chi connectivity index (χ0v) is 14.2. The van der Waals surface area contributed by atoms with Crippen LogP contribution in [0.25, 0.3) is 0 Å². The molecule has 0 N–H and O–H groups in total. The Hall–Kier alpha value is -0.590. The molecule has 0 aromatic heterocycles. The summed E-state index contributed by atoms with van der Waals surface area (Å²) < 4.78 is 33.4. The van der Waals surface area contributed by atoms with Gasteiger partial charge in [-0.15, -0.1) is 0 Å². The molecule has 1 unspecified atom stereocenters. The largest absolute Gasteiger partial charge is 0.495 e. The molecule has 1 aromatic rings. The molecule has 0 bridgehead atoms. The first-order valence-electron chi connectivity index (χ1n) is 6.86. The van der Waals surface area contributed by atoms with Gasteiger partial charge in [0.25, 0.3) is 0 Å². The predicted octanol–water partition coefficient (Wildman–Crippen LogP) is 3.41. The van der Waals surface area contributed by atoms with Gasteiger partial charge in [0, 0.05) is 17.1 Å². The molecule has 20 heavy (non-hydrogen) atoms. The number of hydrogen-bond donors (Lipinski definition) is 0. The number of rotatable bonds is 4. The maximum absolute atomic E-state index is 12.9. The molecule has 0 spiro atoms. The Morgan fingerprint density at radius 1 is 1.40 bits per heavy atom. The summed E-state index contributed by atoms with van der Waals surface area (Å²) in [5.41, 5.74) is 0. The van der Waals surface area contributed by atoms with Gasteiger partial charge in [-0.2, -0.15) is 4.31 Å². The summed E-state index contributed by atoms with van der Waals surface area (Å²) in [6.45, 7) is 2.63. The third-order valence-corrected chi connectivity index (χ3v) is 6.22. The third kappa shape index (κ3) is 3.02. The number of benzene rings is 1. The average molecular weight is 362 g/mol. The van der Waals surface area contributed by atoms with Gasteiger partial charge in [0.1, 0.15) is 10.6 Å². The first kappa shape index (κ1) is 15.8. The van der Waals surface area contributed by atoms with Gasteiger partial charge in [-0.05, 0) is 37.5 Å². The Kier molecular flexibility index (Phi) is 5.09. The van der Waals surface area contributed by atoms with Gasteiger partial charge in [0.2, 0.25) is 10.0 Å². The first-order valence-corrected chi connectivity index (χ1v) is 9.09. The van der Waals surface area contributed by atoms with Crippen LogP contribution < -0.4 is 4.74 Å². The van der Waals surface area contributed by atoms with E-state index in [0.29, 0.717) is 12.3 Å². The van der Waals surface area contributed by atoms with Crippen molar-refractivity contribution in [2.24, 2.45) is 0 Å². The summed E-state index contributed by atoms with van der Waals surface area (Å²) in [4.78, 5) is 0.245. The van der Waals surface area contributed by atoms with Crippen LogP contribution in [-0.4, -0.2) is 32.4 Å². The van der Waals surface area contributed by atoms with E-state index in [2.05, 4.69) is 15.9 Å². The highest BCUT2D eigenvalue weighted by atomic mass is 79.9.